The molecule has 94 valence electrons. The quantitative estimate of drug-likeness (QED) is 0.847. The van der Waals surface area contributed by atoms with Crippen LogP contribution in [0.2, 0.25) is 0 Å². The van der Waals surface area contributed by atoms with Gasteiger partial charge in [-0.15, -0.1) is 0 Å². The molecule has 0 heterocycles. The minimum atomic E-state index is 0.608. The first kappa shape index (κ1) is 12.6. The molecule has 0 bridgehead atoms. The van der Waals surface area contributed by atoms with E-state index < -0.39 is 0 Å². The highest BCUT2D eigenvalue weighted by molar-refractivity contribution is 5.22. The Morgan fingerprint density at radius 1 is 1.12 bits per heavy atom. The molecular weight excluding hydrogens is 210 g/mol. The van der Waals surface area contributed by atoms with Gasteiger partial charge in [-0.05, 0) is 29.9 Å². The molecule has 17 heavy (non-hydrogen) atoms. The molecule has 2 rings (SSSR count). The lowest BCUT2D eigenvalue weighted by Crippen LogP contribution is -2.13. The van der Waals surface area contributed by atoms with Crippen molar-refractivity contribution in [2.75, 3.05) is 6.61 Å². The number of hydrogen-bond donors (Lipinski definition) is 1. The second-order valence-corrected chi connectivity index (χ2v) is 5.04. The number of benzene rings is 1. The molecule has 0 spiro atoms. The average molecular weight is 233 g/mol. The third-order valence-corrected chi connectivity index (χ3v) is 3.57. The monoisotopic (exact) mass is 233 g/mol. The molecule has 0 unspecified atom stereocenters. The summed E-state index contributed by atoms with van der Waals surface area (Å²) in [6.07, 6.45) is 6.88. The summed E-state index contributed by atoms with van der Waals surface area (Å²) >= 11 is 0. The highest BCUT2D eigenvalue weighted by atomic mass is 16.5. The van der Waals surface area contributed by atoms with Gasteiger partial charge in [-0.1, -0.05) is 43.5 Å². The molecule has 0 aromatic heterocycles. The van der Waals surface area contributed by atoms with Crippen LogP contribution in [0.3, 0.4) is 0 Å². The van der Waals surface area contributed by atoms with E-state index in [-0.39, 0.29) is 0 Å². The summed E-state index contributed by atoms with van der Waals surface area (Å²) in [5, 5.41) is 0. The Morgan fingerprint density at radius 3 is 2.65 bits per heavy atom. The van der Waals surface area contributed by atoms with Crippen molar-refractivity contribution in [2.24, 2.45) is 11.7 Å². The third kappa shape index (κ3) is 4.14. The van der Waals surface area contributed by atoms with Gasteiger partial charge in [0.05, 0.1) is 6.61 Å². The largest absolute Gasteiger partial charge is 0.376 e. The lowest BCUT2D eigenvalue weighted by molar-refractivity contribution is 0.0739. The van der Waals surface area contributed by atoms with Crippen LogP contribution in [0.4, 0.5) is 0 Å². The molecule has 2 N–H and O–H groups in total. The molecule has 0 amide bonds. The van der Waals surface area contributed by atoms with Crippen molar-refractivity contribution in [1.82, 2.24) is 0 Å². The lowest BCUT2D eigenvalue weighted by Gasteiger charge is -2.21. The number of hydrogen-bond acceptors (Lipinski definition) is 2. The summed E-state index contributed by atoms with van der Waals surface area (Å²) in [5.41, 5.74) is 8.05. The summed E-state index contributed by atoms with van der Waals surface area (Å²) in [4.78, 5) is 0. The Morgan fingerprint density at radius 2 is 1.88 bits per heavy atom. The van der Waals surface area contributed by atoms with Crippen LogP contribution in [0.5, 0.6) is 0 Å². The Bertz CT molecular complexity index is 331. The van der Waals surface area contributed by atoms with Gasteiger partial charge in [0.1, 0.15) is 0 Å². The Labute approximate surface area is 104 Å². The van der Waals surface area contributed by atoms with E-state index in [1.165, 1.54) is 43.2 Å². The molecule has 0 saturated heterocycles. The van der Waals surface area contributed by atoms with Gasteiger partial charge in [-0.3, -0.25) is 0 Å². The SMILES string of the molecule is NCc1cccc(COCC2CCCCC2)c1. The van der Waals surface area contributed by atoms with Crippen LogP contribution >= 0.6 is 0 Å². The van der Waals surface area contributed by atoms with Gasteiger partial charge >= 0.3 is 0 Å². The fraction of sp³-hybridized carbons (Fsp3) is 0.600. The summed E-state index contributed by atoms with van der Waals surface area (Å²) in [7, 11) is 0. The second kappa shape index (κ2) is 6.77. The molecule has 0 aliphatic heterocycles. The van der Waals surface area contributed by atoms with E-state index in [1.807, 2.05) is 0 Å². The van der Waals surface area contributed by atoms with Gasteiger partial charge in [0, 0.05) is 13.2 Å². The Kier molecular flexibility index (Phi) is 5.02. The molecule has 1 aromatic carbocycles. The van der Waals surface area contributed by atoms with E-state index >= 15 is 0 Å². The highest BCUT2D eigenvalue weighted by Crippen LogP contribution is 2.23. The first-order valence-corrected chi connectivity index (χ1v) is 6.74. The van der Waals surface area contributed by atoms with Crippen LogP contribution in [0, 0.1) is 5.92 Å². The van der Waals surface area contributed by atoms with Crippen molar-refractivity contribution < 1.29 is 4.74 Å². The minimum Gasteiger partial charge on any atom is -0.376 e. The topological polar surface area (TPSA) is 35.2 Å². The third-order valence-electron chi connectivity index (χ3n) is 3.57. The summed E-state index contributed by atoms with van der Waals surface area (Å²) in [6.45, 7) is 2.26. The molecule has 1 aliphatic carbocycles. The molecule has 1 aromatic rings. The van der Waals surface area contributed by atoms with Gasteiger partial charge in [0.15, 0.2) is 0 Å². The summed E-state index contributed by atoms with van der Waals surface area (Å²) in [6, 6.07) is 8.37. The number of nitrogens with two attached hydrogens (primary N) is 1. The van der Waals surface area contributed by atoms with Crippen LogP contribution in [0.25, 0.3) is 0 Å². The van der Waals surface area contributed by atoms with Crippen LogP contribution < -0.4 is 5.73 Å². The normalized spacial score (nSPS) is 17.2. The number of rotatable bonds is 5. The van der Waals surface area contributed by atoms with Crippen LogP contribution in [0.1, 0.15) is 43.2 Å². The smallest absolute Gasteiger partial charge is 0.0717 e. The maximum Gasteiger partial charge on any atom is 0.0717 e. The van der Waals surface area contributed by atoms with E-state index in [4.69, 9.17) is 10.5 Å². The molecule has 1 aliphatic rings. The zero-order valence-electron chi connectivity index (χ0n) is 10.5. The Balaban J connectivity index is 1.73. The second-order valence-electron chi connectivity index (χ2n) is 5.04. The van der Waals surface area contributed by atoms with Crippen molar-refractivity contribution >= 4 is 0 Å². The fourth-order valence-corrected chi connectivity index (χ4v) is 2.54. The van der Waals surface area contributed by atoms with Crippen molar-refractivity contribution in [1.29, 1.82) is 0 Å². The zero-order valence-corrected chi connectivity index (χ0v) is 10.5. The first-order valence-electron chi connectivity index (χ1n) is 6.74. The van der Waals surface area contributed by atoms with E-state index in [9.17, 15) is 0 Å². The van der Waals surface area contributed by atoms with Crippen LogP contribution in [-0.4, -0.2) is 6.61 Å². The lowest BCUT2D eigenvalue weighted by atomic mass is 9.90. The standard InChI is InChI=1S/C15H23NO/c16-10-14-7-4-8-15(9-14)12-17-11-13-5-2-1-3-6-13/h4,7-9,13H,1-3,5-6,10-12,16H2. The zero-order chi connectivity index (χ0) is 11.9. The van der Waals surface area contributed by atoms with Crippen molar-refractivity contribution in [3.8, 4) is 0 Å². The van der Waals surface area contributed by atoms with E-state index in [1.54, 1.807) is 0 Å². The van der Waals surface area contributed by atoms with Crippen molar-refractivity contribution in [3.05, 3.63) is 35.4 Å². The minimum absolute atomic E-state index is 0.608. The number of ether oxygens (including phenoxy) is 1. The molecule has 2 heteroatoms. The molecule has 0 atom stereocenters. The van der Waals surface area contributed by atoms with Crippen LogP contribution in [0.15, 0.2) is 24.3 Å². The molecular formula is C15H23NO. The van der Waals surface area contributed by atoms with Gasteiger partial charge in [-0.2, -0.15) is 0 Å². The maximum absolute atomic E-state index is 5.82. The summed E-state index contributed by atoms with van der Waals surface area (Å²) in [5.74, 6) is 0.793. The van der Waals surface area contributed by atoms with E-state index in [0.717, 1.165) is 19.1 Å². The molecule has 1 fully saturated rings. The van der Waals surface area contributed by atoms with E-state index in [0.29, 0.717) is 6.54 Å². The van der Waals surface area contributed by atoms with Gasteiger partial charge in [0.2, 0.25) is 0 Å². The fourth-order valence-electron chi connectivity index (χ4n) is 2.54. The average Bonchev–Trinajstić information content (AvgIpc) is 2.40. The van der Waals surface area contributed by atoms with E-state index in [2.05, 4.69) is 24.3 Å². The Hall–Kier alpha value is -0.860. The molecule has 0 radical (unpaired) electrons. The molecule has 2 nitrogen and oxygen atoms in total. The van der Waals surface area contributed by atoms with Crippen molar-refractivity contribution in [3.63, 3.8) is 0 Å². The van der Waals surface area contributed by atoms with Gasteiger partial charge in [0.25, 0.3) is 0 Å². The highest BCUT2D eigenvalue weighted by Gasteiger charge is 2.13. The summed E-state index contributed by atoms with van der Waals surface area (Å²) < 4.78 is 5.82. The van der Waals surface area contributed by atoms with Gasteiger partial charge in [-0.25, -0.2) is 0 Å². The van der Waals surface area contributed by atoms with Gasteiger partial charge < -0.3 is 10.5 Å². The maximum atomic E-state index is 5.82. The first-order chi connectivity index (χ1) is 8.38. The predicted molar refractivity (Wildman–Crippen MR) is 70.6 cm³/mol. The molecule has 1 saturated carbocycles. The van der Waals surface area contributed by atoms with Crippen LogP contribution in [-0.2, 0) is 17.9 Å². The van der Waals surface area contributed by atoms with Crippen molar-refractivity contribution in [2.45, 2.75) is 45.3 Å². The predicted octanol–water partition coefficient (Wildman–Crippen LogP) is 3.24.